The Balaban J connectivity index is 2.35. The number of epoxide rings is 1. The zero-order valence-corrected chi connectivity index (χ0v) is 14.8. The number of ether oxygens (including phenoxy) is 3. The smallest absolute Gasteiger partial charge is 0.117 e. The molecule has 0 aromatic heterocycles. The van der Waals surface area contributed by atoms with E-state index < -0.39 is 33.9 Å². The fourth-order valence-electron chi connectivity index (χ4n) is 3.98. The Kier molecular flexibility index (Phi) is 4.93. The van der Waals surface area contributed by atoms with Crippen LogP contribution >= 0.6 is 0 Å². The Hall–Kier alpha value is -0.225. The molecule has 0 amide bonds. The van der Waals surface area contributed by atoms with Gasteiger partial charge in [0.1, 0.15) is 7.85 Å². The van der Waals surface area contributed by atoms with Crippen LogP contribution in [0.5, 0.6) is 0 Å². The fourth-order valence-corrected chi connectivity index (χ4v) is 3.98. The zero-order valence-electron chi connectivity index (χ0n) is 14.8. The molecule has 1 aliphatic carbocycles. The molecule has 2 aliphatic rings. The summed E-state index contributed by atoms with van der Waals surface area (Å²) in [4.78, 5) is 0. The normalized spacial score (nSPS) is 39.2. The monoisotopic (exact) mass is 314 g/mol. The van der Waals surface area contributed by atoms with Crippen molar-refractivity contribution in [2.24, 2.45) is 5.92 Å². The molecule has 1 saturated heterocycles. The summed E-state index contributed by atoms with van der Waals surface area (Å²) < 4.78 is 17.3. The number of aliphatic hydroxyl groups excluding tert-OH is 1. The predicted molar refractivity (Wildman–Crippen MR) is 92.0 cm³/mol. The molecule has 0 aromatic rings. The molecular weight excluding hydrogens is 289 g/mol. The van der Waals surface area contributed by atoms with Crippen molar-refractivity contribution in [3.8, 4) is 0 Å². The molecule has 122 valence electrons. The fraction of sp³-hybridized carbons (Fsp3) is 0.875. The van der Waals surface area contributed by atoms with E-state index in [0.29, 0.717) is 19.6 Å². The average molecular weight is 314 g/mol. The molecule has 0 unspecified atom stereocenters. The molecule has 1 spiro atoms. The molecule has 7 heteroatoms. The van der Waals surface area contributed by atoms with Crippen molar-refractivity contribution in [1.82, 2.24) is 0 Å². The first-order valence-electron chi connectivity index (χ1n) is 7.92. The first-order valence-corrected chi connectivity index (χ1v) is 7.92. The second-order valence-electron chi connectivity index (χ2n) is 7.73. The van der Waals surface area contributed by atoms with Crippen molar-refractivity contribution in [2.45, 2.75) is 62.1 Å². The average Bonchev–Trinajstić information content (AvgIpc) is 3.14. The minimum absolute atomic E-state index is 0.295. The third-order valence-corrected chi connectivity index (χ3v) is 5.03. The van der Waals surface area contributed by atoms with Gasteiger partial charge in [0.25, 0.3) is 0 Å². The van der Waals surface area contributed by atoms with E-state index in [2.05, 4.69) is 0 Å². The summed E-state index contributed by atoms with van der Waals surface area (Å²) in [7, 11) is 20.0. The van der Waals surface area contributed by atoms with E-state index >= 15 is 0 Å². The van der Waals surface area contributed by atoms with Crippen LogP contribution in [-0.2, 0) is 14.2 Å². The molecule has 1 saturated carbocycles. The van der Waals surface area contributed by atoms with Gasteiger partial charge < -0.3 is 19.3 Å². The van der Waals surface area contributed by atoms with Crippen LogP contribution in [0.2, 0.25) is 5.21 Å². The molecule has 6 radical (unpaired) electrons. The van der Waals surface area contributed by atoms with Crippen LogP contribution < -0.4 is 0 Å². The summed E-state index contributed by atoms with van der Waals surface area (Å²) in [5.74, 6) is -0.423. The number of hydrogen-bond donors (Lipinski definition) is 1. The standard InChI is InChI=1S/C16H25B3O4/c1-10(2)6-7-22-13(3,4)11-14(9-23-14)8-15(17,18)12(20)16(11,19)21-5/h6,11-12,20H,7-9H2,1-5H3/t11-,12+,14+,16-/m1/s1. The predicted octanol–water partition coefficient (Wildman–Crippen LogP) is 0.862. The van der Waals surface area contributed by atoms with Gasteiger partial charge in [0.05, 0.1) is 51.7 Å². The van der Waals surface area contributed by atoms with Crippen molar-refractivity contribution in [3.63, 3.8) is 0 Å². The lowest BCUT2D eigenvalue weighted by Gasteiger charge is -2.59. The Labute approximate surface area is 143 Å². The van der Waals surface area contributed by atoms with Gasteiger partial charge >= 0.3 is 0 Å². The van der Waals surface area contributed by atoms with Crippen molar-refractivity contribution in [3.05, 3.63) is 11.6 Å². The maximum Gasteiger partial charge on any atom is 0.117 e. The van der Waals surface area contributed by atoms with Crippen LogP contribution in [0.15, 0.2) is 11.6 Å². The third-order valence-electron chi connectivity index (χ3n) is 5.03. The van der Waals surface area contributed by atoms with E-state index in [1.165, 1.54) is 7.11 Å². The van der Waals surface area contributed by atoms with E-state index in [9.17, 15) is 5.11 Å². The molecule has 0 aromatic carbocycles. The quantitative estimate of drug-likeness (QED) is 0.465. The second kappa shape index (κ2) is 5.94. The van der Waals surface area contributed by atoms with Crippen LogP contribution in [-0.4, -0.2) is 71.8 Å². The summed E-state index contributed by atoms with van der Waals surface area (Å²) >= 11 is 0. The molecule has 1 heterocycles. The van der Waals surface area contributed by atoms with Gasteiger partial charge in [-0.3, -0.25) is 0 Å². The van der Waals surface area contributed by atoms with Crippen LogP contribution in [0.25, 0.3) is 0 Å². The highest BCUT2D eigenvalue weighted by Crippen LogP contribution is 2.61. The van der Waals surface area contributed by atoms with E-state index in [4.69, 9.17) is 37.7 Å². The van der Waals surface area contributed by atoms with E-state index in [0.717, 1.165) is 5.57 Å². The minimum atomic E-state index is -1.47. The van der Waals surface area contributed by atoms with Gasteiger partial charge in [-0.15, -0.1) is 0 Å². The maximum atomic E-state index is 10.6. The van der Waals surface area contributed by atoms with Crippen LogP contribution in [0.4, 0.5) is 0 Å². The van der Waals surface area contributed by atoms with Gasteiger partial charge in [0.15, 0.2) is 0 Å². The molecule has 2 rings (SSSR count). The SMILES string of the molecule is [B]C1([B])C[C@]2(CO2)[C@@H](C(C)(C)OCC=C(C)C)[C@@]([B])(OC)[C@H]1O. The van der Waals surface area contributed by atoms with E-state index in [1.807, 2.05) is 33.8 Å². The molecular formula is C16H25B3O4. The highest BCUT2D eigenvalue weighted by molar-refractivity contribution is 6.41. The first-order chi connectivity index (χ1) is 10.4. The number of allylic oxidation sites excluding steroid dienone is 1. The summed E-state index contributed by atoms with van der Waals surface area (Å²) in [6.45, 7) is 8.77. The Morgan fingerprint density at radius 3 is 2.35 bits per heavy atom. The lowest BCUT2D eigenvalue weighted by Crippen LogP contribution is -2.70. The maximum absolute atomic E-state index is 10.6. The summed E-state index contributed by atoms with van der Waals surface area (Å²) in [5, 5.41) is 9.26. The number of methoxy groups -OCH3 is 1. The number of aliphatic hydroxyl groups is 1. The minimum Gasteiger partial charge on any atom is -0.392 e. The van der Waals surface area contributed by atoms with Gasteiger partial charge in [0, 0.05) is 13.0 Å². The lowest BCUT2D eigenvalue weighted by molar-refractivity contribution is -0.196. The number of hydrogen-bond acceptors (Lipinski definition) is 4. The van der Waals surface area contributed by atoms with Crippen molar-refractivity contribution < 1.29 is 19.3 Å². The van der Waals surface area contributed by atoms with Gasteiger partial charge in [-0.2, -0.15) is 0 Å². The van der Waals surface area contributed by atoms with Crippen LogP contribution in [0, 0.1) is 5.92 Å². The summed E-state index contributed by atoms with van der Waals surface area (Å²) in [6, 6.07) is 0. The summed E-state index contributed by atoms with van der Waals surface area (Å²) in [6.07, 6.45) is 1.04. The third kappa shape index (κ3) is 3.30. The molecule has 1 aliphatic heterocycles. The van der Waals surface area contributed by atoms with Gasteiger partial charge in [-0.1, -0.05) is 16.9 Å². The molecule has 1 N–H and O–H groups in total. The van der Waals surface area contributed by atoms with Crippen molar-refractivity contribution in [2.75, 3.05) is 20.3 Å². The molecule has 23 heavy (non-hydrogen) atoms. The number of rotatable bonds is 5. The Morgan fingerprint density at radius 2 is 1.91 bits per heavy atom. The molecule has 0 bridgehead atoms. The molecule has 4 nitrogen and oxygen atoms in total. The van der Waals surface area contributed by atoms with Crippen molar-refractivity contribution in [1.29, 1.82) is 0 Å². The Morgan fingerprint density at radius 1 is 1.35 bits per heavy atom. The molecule has 4 atom stereocenters. The molecule has 2 fully saturated rings. The van der Waals surface area contributed by atoms with Gasteiger partial charge in [0.2, 0.25) is 0 Å². The largest absolute Gasteiger partial charge is 0.392 e. The van der Waals surface area contributed by atoms with Crippen LogP contribution in [0.1, 0.15) is 34.1 Å². The Bertz CT molecular complexity index is 484. The highest BCUT2D eigenvalue weighted by Gasteiger charge is 2.70. The lowest BCUT2D eigenvalue weighted by atomic mass is 9.36. The first kappa shape index (κ1) is 19.1. The highest BCUT2D eigenvalue weighted by atomic mass is 16.6. The second-order valence-corrected chi connectivity index (χ2v) is 7.73. The zero-order chi connectivity index (χ0) is 17.7. The van der Waals surface area contributed by atoms with E-state index in [1.54, 1.807) is 0 Å². The summed E-state index contributed by atoms with van der Waals surface area (Å²) in [5.41, 5.74) is -1.64. The topological polar surface area (TPSA) is 51.2 Å². The van der Waals surface area contributed by atoms with Crippen LogP contribution in [0.3, 0.4) is 0 Å². The van der Waals surface area contributed by atoms with E-state index in [-0.39, 0.29) is 0 Å². The van der Waals surface area contributed by atoms with Gasteiger partial charge in [-0.25, -0.2) is 0 Å². The van der Waals surface area contributed by atoms with Crippen molar-refractivity contribution >= 4 is 23.5 Å². The van der Waals surface area contributed by atoms with Gasteiger partial charge in [-0.05, 0) is 34.1 Å².